The Morgan fingerprint density at radius 1 is 1.33 bits per heavy atom. The Balaban J connectivity index is 2.74. The maximum absolute atomic E-state index is 13.0. The zero-order valence-corrected chi connectivity index (χ0v) is 11.2. The maximum Gasteiger partial charge on any atom is 0.417 e. The molecule has 0 aliphatic heterocycles. The number of aromatic hydroxyl groups is 1. The third kappa shape index (κ3) is 2.80. The third-order valence-electron chi connectivity index (χ3n) is 2.77. The molecule has 0 radical (unpaired) electrons. The normalized spacial score (nSPS) is 11.7. The van der Waals surface area contributed by atoms with Gasteiger partial charge < -0.3 is 10.2 Å². The number of hydrogen-bond donors (Lipinski definition) is 2. The number of benzene rings is 1. The summed E-state index contributed by atoms with van der Waals surface area (Å²) in [6.45, 7) is 0. The van der Waals surface area contributed by atoms with E-state index in [4.69, 9.17) is 16.7 Å². The molecule has 2 rings (SSSR count). The summed E-state index contributed by atoms with van der Waals surface area (Å²) in [4.78, 5) is 10.8. The first-order valence-electron chi connectivity index (χ1n) is 5.48. The Kier molecular flexibility index (Phi) is 3.58. The molecule has 0 bridgehead atoms. The van der Waals surface area contributed by atoms with Crippen LogP contribution < -0.4 is 0 Å². The van der Waals surface area contributed by atoms with Gasteiger partial charge in [-0.15, -0.1) is 0 Å². The number of rotatable bonds is 2. The highest BCUT2D eigenvalue weighted by molar-refractivity contribution is 6.32. The Hall–Kier alpha value is -2.22. The van der Waals surface area contributed by atoms with E-state index in [9.17, 15) is 23.1 Å². The fourth-order valence-electron chi connectivity index (χ4n) is 1.83. The summed E-state index contributed by atoms with van der Waals surface area (Å²) in [6.07, 6.45) is -4.74. The first-order valence-corrected chi connectivity index (χ1v) is 5.86. The van der Waals surface area contributed by atoms with Crippen LogP contribution in [0.25, 0.3) is 11.3 Å². The van der Waals surface area contributed by atoms with Gasteiger partial charge in [0.1, 0.15) is 5.75 Å². The zero-order chi connectivity index (χ0) is 15.9. The van der Waals surface area contributed by atoms with Crippen molar-refractivity contribution in [2.75, 3.05) is 0 Å². The molecule has 0 saturated heterocycles. The van der Waals surface area contributed by atoms with Crippen LogP contribution in [0.2, 0.25) is 5.02 Å². The summed E-state index contributed by atoms with van der Waals surface area (Å²) < 4.78 is 40.1. The number of phenolic OH excluding ortho intramolecular Hbond substituents is 1. The summed E-state index contributed by atoms with van der Waals surface area (Å²) in [6, 6.07) is 2.41. The van der Waals surface area contributed by atoms with Crippen molar-refractivity contribution in [2.24, 2.45) is 7.05 Å². The minimum Gasteiger partial charge on any atom is -0.506 e. The van der Waals surface area contributed by atoms with Gasteiger partial charge in [-0.25, -0.2) is 4.79 Å². The molecule has 0 unspecified atom stereocenters. The van der Waals surface area contributed by atoms with Crippen molar-refractivity contribution >= 4 is 17.6 Å². The first kappa shape index (κ1) is 15.2. The van der Waals surface area contributed by atoms with Crippen LogP contribution >= 0.6 is 11.6 Å². The average molecular weight is 321 g/mol. The summed E-state index contributed by atoms with van der Waals surface area (Å²) in [5.41, 5.74) is -1.98. The van der Waals surface area contributed by atoms with Gasteiger partial charge in [0.05, 0.1) is 16.3 Å². The number of aromatic nitrogens is 2. The lowest BCUT2D eigenvalue weighted by Gasteiger charge is -2.14. The quantitative estimate of drug-likeness (QED) is 0.891. The van der Waals surface area contributed by atoms with Crippen LogP contribution in [-0.2, 0) is 13.2 Å². The molecule has 0 saturated carbocycles. The van der Waals surface area contributed by atoms with Crippen LogP contribution in [0.1, 0.15) is 16.1 Å². The van der Waals surface area contributed by atoms with Crippen LogP contribution in [0, 0.1) is 0 Å². The molecule has 1 heterocycles. The van der Waals surface area contributed by atoms with E-state index < -0.39 is 29.2 Å². The van der Waals surface area contributed by atoms with Crippen molar-refractivity contribution in [3.05, 3.63) is 34.5 Å². The molecule has 112 valence electrons. The average Bonchev–Trinajstić information content (AvgIpc) is 2.73. The molecule has 0 fully saturated rings. The number of phenols is 1. The highest BCUT2D eigenvalue weighted by Crippen LogP contribution is 2.41. The Labute approximate surface area is 121 Å². The van der Waals surface area contributed by atoms with E-state index in [1.54, 1.807) is 0 Å². The minimum atomic E-state index is -4.74. The number of carbonyl (C=O) groups is 1. The van der Waals surface area contributed by atoms with Gasteiger partial charge >= 0.3 is 12.1 Å². The molecule has 0 aliphatic carbocycles. The molecular formula is C12H8ClF3N2O3. The zero-order valence-electron chi connectivity index (χ0n) is 10.4. The highest BCUT2D eigenvalue weighted by atomic mass is 35.5. The van der Waals surface area contributed by atoms with Gasteiger partial charge in [-0.1, -0.05) is 11.6 Å². The molecule has 0 atom stereocenters. The molecule has 2 aromatic rings. The summed E-state index contributed by atoms with van der Waals surface area (Å²) in [5.74, 6) is -2.08. The Morgan fingerprint density at radius 3 is 2.43 bits per heavy atom. The first-order chi connectivity index (χ1) is 9.61. The van der Waals surface area contributed by atoms with Crippen LogP contribution in [0.3, 0.4) is 0 Å². The summed E-state index contributed by atoms with van der Waals surface area (Å²) >= 11 is 5.64. The van der Waals surface area contributed by atoms with Gasteiger partial charge in [0.15, 0.2) is 5.69 Å². The van der Waals surface area contributed by atoms with Crippen molar-refractivity contribution in [1.82, 2.24) is 9.78 Å². The van der Waals surface area contributed by atoms with E-state index in [0.29, 0.717) is 6.07 Å². The van der Waals surface area contributed by atoms with E-state index in [-0.39, 0.29) is 16.3 Å². The number of carboxylic acids is 1. The highest BCUT2D eigenvalue weighted by Gasteiger charge is 2.35. The number of nitrogens with zero attached hydrogens (tertiary/aromatic N) is 2. The van der Waals surface area contributed by atoms with Crippen molar-refractivity contribution in [3.63, 3.8) is 0 Å². The summed E-state index contributed by atoms with van der Waals surface area (Å²) in [7, 11) is 1.31. The van der Waals surface area contributed by atoms with E-state index in [1.165, 1.54) is 7.05 Å². The molecular weight excluding hydrogens is 313 g/mol. The predicted octanol–water partition coefficient (Wildman–Crippen LogP) is 3.16. The molecule has 0 aliphatic rings. The van der Waals surface area contributed by atoms with Crippen LogP contribution in [0.15, 0.2) is 18.2 Å². The summed E-state index contributed by atoms with van der Waals surface area (Å²) in [5, 5.41) is 21.5. The smallest absolute Gasteiger partial charge is 0.417 e. The lowest BCUT2D eigenvalue weighted by atomic mass is 10.0. The standard InChI is InChI=1S/C12H8ClF3N2O3/c1-18-9(4-8(17-18)11(20)21)5-2-7(13)10(19)3-6(5)12(14,15)16/h2-4,19H,1H3,(H,20,21). The SMILES string of the molecule is Cn1nc(C(=O)O)cc1-c1cc(Cl)c(O)cc1C(F)(F)F. The predicted molar refractivity (Wildman–Crippen MR) is 67.3 cm³/mol. The molecule has 1 aromatic carbocycles. The monoisotopic (exact) mass is 320 g/mol. The molecule has 5 nitrogen and oxygen atoms in total. The number of aryl methyl sites for hydroxylation is 1. The molecule has 21 heavy (non-hydrogen) atoms. The lowest BCUT2D eigenvalue weighted by molar-refractivity contribution is -0.137. The number of carboxylic acid groups (broad SMARTS) is 1. The third-order valence-corrected chi connectivity index (χ3v) is 3.07. The molecule has 0 spiro atoms. The van der Waals surface area contributed by atoms with Gasteiger partial charge in [0.25, 0.3) is 0 Å². The Bertz CT molecular complexity index is 725. The van der Waals surface area contributed by atoms with Gasteiger partial charge in [-0.2, -0.15) is 18.3 Å². The van der Waals surface area contributed by atoms with Gasteiger partial charge in [-0.05, 0) is 18.2 Å². The second kappa shape index (κ2) is 4.96. The van der Waals surface area contributed by atoms with Crippen LogP contribution in [-0.4, -0.2) is 26.0 Å². The topological polar surface area (TPSA) is 75.4 Å². The molecule has 2 N–H and O–H groups in total. The van der Waals surface area contributed by atoms with Crippen molar-refractivity contribution in [3.8, 4) is 17.0 Å². The van der Waals surface area contributed by atoms with Crippen LogP contribution in [0.4, 0.5) is 13.2 Å². The van der Waals surface area contributed by atoms with Crippen molar-refractivity contribution in [1.29, 1.82) is 0 Å². The van der Waals surface area contributed by atoms with Crippen molar-refractivity contribution in [2.45, 2.75) is 6.18 Å². The Morgan fingerprint density at radius 2 is 1.95 bits per heavy atom. The molecule has 1 aromatic heterocycles. The van der Waals surface area contributed by atoms with Crippen molar-refractivity contribution < 1.29 is 28.2 Å². The number of halogens is 4. The maximum atomic E-state index is 13.0. The molecule has 9 heteroatoms. The lowest BCUT2D eigenvalue weighted by Crippen LogP contribution is -2.08. The second-order valence-electron chi connectivity index (χ2n) is 4.19. The van der Waals surface area contributed by atoms with E-state index in [0.717, 1.165) is 16.8 Å². The van der Waals surface area contributed by atoms with Gasteiger partial charge in [0.2, 0.25) is 0 Å². The largest absolute Gasteiger partial charge is 0.506 e. The van der Waals surface area contributed by atoms with Crippen LogP contribution in [0.5, 0.6) is 5.75 Å². The minimum absolute atomic E-state index is 0.0818. The molecule has 0 amide bonds. The van der Waals surface area contributed by atoms with E-state index in [1.807, 2.05) is 0 Å². The van der Waals surface area contributed by atoms with E-state index >= 15 is 0 Å². The fourth-order valence-corrected chi connectivity index (χ4v) is 2.00. The number of hydrogen-bond acceptors (Lipinski definition) is 3. The second-order valence-corrected chi connectivity index (χ2v) is 4.60. The fraction of sp³-hybridized carbons (Fsp3) is 0.167. The van der Waals surface area contributed by atoms with Gasteiger partial charge in [0, 0.05) is 12.6 Å². The van der Waals surface area contributed by atoms with E-state index in [2.05, 4.69) is 5.10 Å². The number of alkyl halides is 3. The number of aromatic carboxylic acids is 1. The van der Waals surface area contributed by atoms with Gasteiger partial charge in [-0.3, -0.25) is 4.68 Å².